The Kier molecular flexibility index (Phi) is 29.1. The summed E-state index contributed by atoms with van der Waals surface area (Å²) in [7, 11) is 0. The molecule has 26 nitrogen and oxygen atoms in total. The Balaban J connectivity index is 6.54. The van der Waals surface area contributed by atoms with E-state index in [2.05, 4.69) is 42.5 Å². The van der Waals surface area contributed by atoms with Crippen LogP contribution in [0.15, 0.2) is 0 Å². The molecule has 0 saturated carbocycles. The summed E-state index contributed by atoms with van der Waals surface area (Å²) in [6, 6.07) is -12.9. The van der Waals surface area contributed by atoms with Crippen LogP contribution < -0.4 is 59.7 Å². The third-order valence-electron chi connectivity index (χ3n) is 10.2. The minimum atomic E-state index is -1.64. The van der Waals surface area contributed by atoms with E-state index in [1.807, 2.05) is 0 Å². The van der Waals surface area contributed by atoms with Crippen LogP contribution in [0.2, 0.25) is 0 Å². The maximum atomic E-state index is 14.0. The van der Waals surface area contributed by atoms with Gasteiger partial charge < -0.3 is 80.2 Å². The molecule has 9 amide bonds. The molecule has 0 aliphatic rings. The fourth-order valence-corrected chi connectivity index (χ4v) is 6.33. The smallest absolute Gasteiger partial charge is 0.325 e. The molecule has 0 spiro atoms. The van der Waals surface area contributed by atoms with Crippen molar-refractivity contribution in [1.82, 2.24) is 42.5 Å². The highest BCUT2D eigenvalue weighted by Gasteiger charge is 2.36. The SMILES string of the molecule is CC(C)C[C@H](NC(=O)[C@H](CCCCN)NC(=O)[C@@H](NC(=O)[C@H](CO)NC(=O)[C@H](CC(C)C)NC(=O)[C@@H](N)CO)C(C)C)C(=O)N[C@@H](CCC(=O)O)C(=O)N[C@@H](CCC(N)=O)C(=O)N[C@@H](C)C(=O)O. The van der Waals surface area contributed by atoms with Gasteiger partial charge in [0.05, 0.1) is 13.2 Å². The summed E-state index contributed by atoms with van der Waals surface area (Å²) < 4.78 is 0. The zero-order chi connectivity index (χ0) is 52.4. The zero-order valence-electron chi connectivity index (χ0n) is 39.9. The van der Waals surface area contributed by atoms with Gasteiger partial charge in [-0.05, 0) is 76.2 Å². The Hall–Kier alpha value is -5.99. The van der Waals surface area contributed by atoms with Crippen LogP contribution >= 0.6 is 0 Å². The van der Waals surface area contributed by atoms with Gasteiger partial charge in [-0.2, -0.15) is 0 Å². The molecule has 0 aliphatic carbocycles. The van der Waals surface area contributed by atoms with E-state index >= 15 is 0 Å². The van der Waals surface area contributed by atoms with E-state index in [1.165, 1.54) is 0 Å². The minimum Gasteiger partial charge on any atom is -0.481 e. The van der Waals surface area contributed by atoms with Gasteiger partial charge in [-0.1, -0.05) is 41.5 Å². The predicted octanol–water partition coefficient (Wildman–Crippen LogP) is -4.71. The molecule has 0 aromatic heterocycles. The van der Waals surface area contributed by atoms with Gasteiger partial charge in [0.1, 0.15) is 54.4 Å². The van der Waals surface area contributed by atoms with Crippen molar-refractivity contribution in [3.8, 4) is 0 Å². The predicted molar refractivity (Wildman–Crippen MR) is 243 cm³/mol. The molecule has 0 aromatic carbocycles. The molecule has 18 N–H and O–H groups in total. The Morgan fingerprint density at radius 3 is 1.28 bits per heavy atom. The van der Waals surface area contributed by atoms with Gasteiger partial charge in [-0.3, -0.25) is 52.7 Å². The van der Waals surface area contributed by atoms with Gasteiger partial charge in [0.25, 0.3) is 0 Å². The molecule has 0 unspecified atom stereocenters. The number of carbonyl (C=O) groups excluding carboxylic acids is 9. The van der Waals surface area contributed by atoms with Crippen molar-refractivity contribution in [3.05, 3.63) is 0 Å². The largest absolute Gasteiger partial charge is 0.481 e. The van der Waals surface area contributed by atoms with E-state index in [9.17, 15) is 73.2 Å². The van der Waals surface area contributed by atoms with Crippen LogP contribution in [0.4, 0.5) is 0 Å². The van der Waals surface area contributed by atoms with Gasteiger partial charge in [-0.15, -0.1) is 0 Å². The van der Waals surface area contributed by atoms with E-state index in [1.54, 1.807) is 41.5 Å². The maximum absolute atomic E-state index is 14.0. The van der Waals surface area contributed by atoms with Gasteiger partial charge in [0.15, 0.2) is 0 Å². The van der Waals surface area contributed by atoms with E-state index in [-0.39, 0.29) is 44.1 Å². The highest BCUT2D eigenvalue weighted by molar-refractivity contribution is 5.98. The van der Waals surface area contributed by atoms with E-state index in [4.69, 9.17) is 17.2 Å². The zero-order valence-corrected chi connectivity index (χ0v) is 39.9. The molecule has 0 heterocycles. The second-order valence-electron chi connectivity index (χ2n) is 17.6. The van der Waals surface area contributed by atoms with Crippen molar-refractivity contribution in [2.75, 3.05) is 19.8 Å². The number of unbranched alkanes of at least 4 members (excludes halogenated alkanes) is 1. The highest BCUT2D eigenvalue weighted by atomic mass is 16.4. The number of hydrogen-bond donors (Lipinski definition) is 15. The molecule has 0 aliphatic heterocycles. The van der Waals surface area contributed by atoms with E-state index < -0.39 is 158 Å². The molecule has 388 valence electrons. The average molecular weight is 974 g/mol. The number of primary amides is 1. The second kappa shape index (κ2) is 31.9. The molecule has 0 aromatic rings. The van der Waals surface area contributed by atoms with Crippen LogP contribution in [0, 0.1) is 17.8 Å². The number of carboxylic acid groups (broad SMARTS) is 2. The molecule has 9 atom stereocenters. The van der Waals surface area contributed by atoms with Gasteiger partial charge in [-0.25, -0.2) is 0 Å². The Morgan fingerprint density at radius 2 is 0.868 bits per heavy atom. The fourth-order valence-electron chi connectivity index (χ4n) is 6.33. The van der Waals surface area contributed by atoms with Gasteiger partial charge in [0.2, 0.25) is 53.2 Å². The monoisotopic (exact) mass is 974 g/mol. The first kappa shape index (κ1) is 62.0. The summed E-state index contributed by atoms with van der Waals surface area (Å²) >= 11 is 0. The normalized spacial score (nSPS) is 15.2. The minimum absolute atomic E-state index is 0.0132. The Bertz CT molecular complexity index is 1730. The molecule has 0 saturated heterocycles. The lowest BCUT2D eigenvalue weighted by molar-refractivity contribution is -0.142. The summed E-state index contributed by atoms with van der Waals surface area (Å²) in [5.41, 5.74) is 16.5. The molecule has 0 fully saturated rings. The second-order valence-corrected chi connectivity index (χ2v) is 17.6. The number of aliphatic carboxylic acids is 2. The number of aliphatic hydroxyl groups excluding tert-OH is 2. The molecular weight excluding hydrogens is 899 g/mol. The number of hydrogen-bond acceptors (Lipinski definition) is 15. The number of aliphatic hydroxyl groups is 2. The van der Waals surface area contributed by atoms with Crippen molar-refractivity contribution in [2.45, 2.75) is 161 Å². The maximum Gasteiger partial charge on any atom is 0.325 e. The lowest BCUT2D eigenvalue weighted by atomic mass is 9.99. The highest BCUT2D eigenvalue weighted by Crippen LogP contribution is 2.12. The summed E-state index contributed by atoms with van der Waals surface area (Å²) in [5.74, 6) is -12.2. The number of nitrogens with one attached hydrogen (secondary N) is 8. The first-order valence-corrected chi connectivity index (χ1v) is 22.5. The molecule has 26 heteroatoms. The fraction of sp³-hybridized carbons (Fsp3) is 0.738. The summed E-state index contributed by atoms with van der Waals surface area (Å²) in [6.07, 6.45) is -1.22. The molecule has 68 heavy (non-hydrogen) atoms. The summed E-state index contributed by atoms with van der Waals surface area (Å²) in [4.78, 5) is 142. The Morgan fingerprint density at radius 1 is 0.471 bits per heavy atom. The quantitative estimate of drug-likeness (QED) is 0.0269. The molecule has 0 bridgehead atoms. The van der Waals surface area contributed by atoms with Crippen molar-refractivity contribution < 1.29 is 73.2 Å². The van der Waals surface area contributed by atoms with Crippen molar-refractivity contribution in [1.29, 1.82) is 0 Å². The van der Waals surface area contributed by atoms with Gasteiger partial charge >= 0.3 is 11.9 Å². The van der Waals surface area contributed by atoms with Crippen LogP contribution in [-0.4, -0.2) is 160 Å². The number of nitrogens with two attached hydrogens (primary N) is 3. The lowest BCUT2D eigenvalue weighted by Gasteiger charge is -2.29. The molecule has 0 radical (unpaired) electrons. The average Bonchev–Trinajstić information content (AvgIpc) is 3.24. The third kappa shape index (κ3) is 24.2. The molecular formula is C42H75N11O15. The number of rotatable bonds is 34. The number of carboxylic acids is 2. The topological polar surface area (TPSA) is 443 Å². The van der Waals surface area contributed by atoms with Gasteiger partial charge in [0, 0.05) is 12.8 Å². The number of carbonyl (C=O) groups is 11. The van der Waals surface area contributed by atoms with Crippen molar-refractivity contribution >= 4 is 65.1 Å². The standard InChI is InChI=1S/C42H75N11O15/c1-20(2)16-28(50-34(59)24(44)18-54)39(64)52-30(19-55)40(65)53-33(22(5)6)41(66)49-25(10-8-9-15-43)36(61)51-29(17-21(3)4)38(63)48-27(12-14-32(57)58)37(62)47-26(11-13-31(45)56)35(60)46-23(7)42(67)68/h20-30,33,54-55H,8-19,43-44H2,1-7H3,(H2,45,56)(H,46,60)(H,47,62)(H,48,63)(H,49,66)(H,50,59)(H,51,61)(H,52,64)(H,53,65)(H,57,58)(H,67,68)/t23-,24-,25-,26-,27-,28-,29-,30-,33-/m0/s1. The van der Waals surface area contributed by atoms with Crippen molar-refractivity contribution in [2.24, 2.45) is 35.0 Å². The van der Waals surface area contributed by atoms with Crippen LogP contribution in [0.5, 0.6) is 0 Å². The van der Waals surface area contributed by atoms with E-state index in [0.29, 0.717) is 12.8 Å². The van der Waals surface area contributed by atoms with E-state index in [0.717, 1.165) is 6.92 Å². The first-order chi connectivity index (χ1) is 31.7. The molecule has 0 rings (SSSR count). The van der Waals surface area contributed by atoms with Crippen molar-refractivity contribution in [3.63, 3.8) is 0 Å². The summed E-state index contributed by atoms with van der Waals surface area (Å²) in [5, 5.41) is 57.3. The number of amides is 9. The van der Waals surface area contributed by atoms with Crippen LogP contribution in [-0.2, 0) is 52.7 Å². The van der Waals surface area contributed by atoms with Crippen LogP contribution in [0.1, 0.15) is 106 Å². The third-order valence-corrected chi connectivity index (χ3v) is 10.2. The van der Waals surface area contributed by atoms with Crippen LogP contribution in [0.3, 0.4) is 0 Å². The first-order valence-electron chi connectivity index (χ1n) is 22.5. The Labute approximate surface area is 395 Å². The summed E-state index contributed by atoms with van der Waals surface area (Å²) in [6.45, 7) is 9.84. The lowest BCUT2D eigenvalue weighted by Crippen LogP contribution is -2.61. The van der Waals surface area contributed by atoms with Crippen LogP contribution in [0.25, 0.3) is 0 Å².